The highest BCUT2D eigenvalue weighted by Gasteiger charge is 2.04. The Morgan fingerprint density at radius 2 is 2.00 bits per heavy atom. The van der Waals surface area contributed by atoms with Crippen LogP contribution in [0.15, 0.2) is 40.3 Å². The van der Waals surface area contributed by atoms with E-state index < -0.39 is 0 Å². The SMILES string of the molecule is CCNCc1ccc(Sc2cc(C)nn2C)cc1. The fraction of sp³-hybridized carbons (Fsp3) is 0.357. The minimum Gasteiger partial charge on any atom is -0.313 e. The molecule has 0 saturated carbocycles. The maximum Gasteiger partial charge on any atom is 0.0986 e. The first-order chi connectivity index (χ1) is 8.69. The van der Waals surface area contributed by atoms with Crippen molar-refractivity contribution in [2.24, 2.45) is 7.05 Å². The Bertz CT molecular complexity index is 502. The molecule has 2 aromatic rings. The fourth-order valence-electron chi connectivity index (χ4n) is 1.75. The van der Waals surface area contributed by atoms with E-state index >= 15 is 0 Å². The molecule has 0 saturated heterocycles. The van der Waals surface area contributed by atoms with Crippen LogP contribution in [-0.4, -0.2) is 16.3 Å². The molecule has 0 aliphatic carbocycles. The van der Waals surface area contributed by atoms with Crippen molar-refractivity contribution in [2.75, 3.05) is 6.54 Å². The number of aryl methyl sites for hydroxylation is 2. The van der Waals surface area contributed by atoms with Crippen molar-refractivity contribution < 1.29 is 0 Å². The maximum absolute atomic E-state index is 4.35. The first kappa shape index (κ1) is 13.2. The van der Waals surface area contributed by atoms with Crippen LogP contribution in [0.4, 0.5) is 0 Å². The molecular formula is C14H19N3S. The lowest BCUT2D eigenvalue weighted by atomic mass is 10.2. The summed E-state index contributed by atoms with van der Waals surface area (Å²) >= 11 is 1.75. The van der Waals surface area contributed by atoms with E-state index in [0.29, 0.717) is 0 Å². The van der Waals surface area contributed by atoms with Crippen LogP contribution in [0.1, 0.15) is 18.2 Å². The molecular weight excluding hydrogens is 242 g/mol. The predicted molar refractivity (Wildman–Crippen MR) is 75.9 cm³/mol. The molecule has 0 spiro atoms. The molecule has 0 unspecified atom stereocenters. The molecule has 0 radical (unpaired) electrons. The predicted octanol–water partition coefficient (Wildman–Crippen LogP) is 2.99. The van der Waals surface area contributed by atoms with E-state index in [-0.39, 0.29) is 0 Å². The Kier molecular flexibility index (Phi) is 4.44. The van der Waals surface area contributed by atoms with Crippen molar-refractivity contribution in [3.8, 4) is 0 Å². The van der Waals surface area contributed by atoms with Gasteiger partial charge < -0.3 is 5.32 Å². The average molecular weight is 261 g/mol. The number of hydrogen-bond donors (Lipinski definition) is 1. The molecule has 0 fully saturated rings. The van der Waals surface area contributed by atoms with Crippen molar-refractivity contribution >= 4 is 11.8 Å². The molecule has 3 nitrogen and oxygen atoms in total. The first-order valence-corrected chi connectivity index (χ1v) is 6.99. The molecule has 0 atom stereocenters. The number of nitrogens with one attached hydrogen (secondary N) is 1. The Hall–Kier alpha value is -1.26. The van der Waals surface area contributed by atoms with Gasteiger partial charge in [-0.2, -0.15) is 5.10 Å². The summed E-state index contributed by atoms with van der Waals surface area (Å²) in [6, 6.07) is 10.8. The van der Waals surface area contributed by atoms with Crippen molar-refractivity contribution in [1.29, 1.82) is 0 Å². The average Bonchev–Trinajstić information content (AvgIpc) is 2.67. The van der Waals surface area contributed by atoms with Crippen molar-refractivity contribution in [3.63, 3.8) is 0 Å². The number of hydrogen-bond acceptors (Lipinski definition) is 3. The van der Waals surface area contributed by atoms with Crippen LogP contribution in [0.25, 0.3) is 0 Å². The van der Waals surface area contributed by atoms with E-state index in [0.717, 1.165) is 18.8 Å². The summed E-state index contributed by atoms with van der Waals surface area (Å²) in [4.78, 5) is 1.25. The Balaban J connectivity index is 2.04. The summed E-state index contributed by atoms with van der Waals surface area (Å²) in [5, 5.41) is 8.85. The lowest BCUT2D eigenvalue weighted by Gasteiger charge is -2.04. The monoisotopic (exact) mass is 261 g/mol. The highest BCUT2D eigenvalue weighted by atomic mass is 32.2. The van der Waals surface area contributed by atoms with Crippen LogP contribution in [0.3, 0.4) is 0 Å². The van der Waals surface area contributed by atoms with Crippen LogP contribution < -0.4 is 5.32 Å². The number of nitrogens with zero attached hydrogens (tertiary/aromatic N) is 2. The van der Waals surface area contributed by atoms with Crippen molar-refractivity contribution in [3.05, 3.63) is 41.6 Å². The summed E-state index contributed by atoms with van der Waals surface area (Å²) in [5.41, 5.74) is 2.38. The molecule has 1 heterocycles. The van der Waals surface area contributed by atoms with Gasteiger partial charge in [-0.3, -0.25) is 4.68 Å². The quantitative estimate of drug-likeness (QED) is 0.897. The Morgan fingerprint density at radius 1 is 1.28 bits per heavy atom. The van der Waals surface area contributed by atoms with E-state index in [2.05, 4.69) is 47.7 Å². The standard InChI is InChI=1S/C14H19N3S/c1-4-15-10-12-5-7-13(8-6-12)18-14-9-11(2)16-17(14)3/h5-9,15H,4,10H2,1-3H3. The lowest BCUT2D eigenvalue weighted by Crippen LogP contribution is -2.11. The molecule has 2 rings (SSSR count). The van der Waals surface area contributed by atoms with E-state index in [1.165, 1.54) is 15.5 Å². The summed E-state index contributed by atoms with van der Waals surface area (Å²) in [5.74, 6) is 0. The third-order valence-electron chi connectivity index (χ3n) is 2.68. The van der Waals surface area contributed by atoms with Gasteiger partial charge in [0.15, 0.2) is 0 Å². The first-order valence-electron chi connectivity index (χ1n) is 6.17. The molecule has 1 aromatic heterocycles. The third kappa shape index (κ3) is 3.37. The van der Waals surface area contributed by atoms with Gasteiger partial charge in [0, 0.05) is 18.5 Å². The van der Waals surface area contributed by atoms with E-state index in [4.69, 9.17) is 0 Å². The highest BCUT2D eigenvalue weighted by molar-refractivity contribution is 7.99. The molecule has 96 valence electrons. The van der Waals surface area contributed by atoms with Gasteiger partial charge in [-0.25, -0.2) is 0 Å². The van der Waals surface area contributed by atoms with E-state index in [9.17, 15) is 0 Å². The van der Waals surface area contributed by atoms with Crippen LogP contribution in [0.2, 0.25) is 0 Å². The fourth-order valence-corrected chi connectivity index (χ4v) is 2.66. The van der Waals surface area contributed by atoms with Gasteiger partial charge in [0.05, 0.1) is 10.7 Å². The summed E-state index contributed by atoms with van der Waals surface area (Å²) in [6.07, 6.45) is 0. The summed E-state index contributed by atoms with van der Waals surface area (Å²) in [6.45, 7) is 6.08. The number of aromatic nitrogens is 2. The van der Waals surface area contributed by atoms with Gasteiger partial charge in [-0.1, -0.05) is 30.8 Å². The molecule has 0 amide bonds. The second-order valence-corrected chi connectivity index (χ2v) is 5.37. The van der Waals surface area contributed by atoms with Gasteiger partial charge in [0.2, 0.25) is 0 Å². The summed E-state index contributed by atoms with van der Waals surface area (Å²) in [7, 11) is 1.98. The molecule has 4 heteroatoms. The van der Waals surface area contributed by atoms with Gasteiger partial charge in [-0.15, -0.1) is 0 Å². The zero-order valence-corrected chi connectivity index (χ0v) is 11.9. The molecule has 1 aromatic carbocycles. The molecule has 18 heavy (non-hydrogen) atoms. The zero-order chi connectivity index (χ0) is 13.0. The van der Waals surface area contributed by atoms with Crippen molar-refractivity contribution in [2.45, 2.75) is 30.3 Å². The van der Waals surface area contributed by atoms with Gasteiger partial charge in [0.25, 0.3) is 0 Å². The smallest absolute Gasteiger partial charge is 0.0986 e. The highest BCUT2D eigenvalue weighted by Crippen LogP contribution is 2.27. The Labute approximate surface area is 113 Å². The maximum atomic E-state index is 4.35. The number of rotatable bonds is 5. The van der Waals surface area contributed by atoms with Crippen LogP contribution in [0.5, 0.6) is 0 Å². The minimum absolute atomic E-state index is 0.937. The van der Waals surface area contributed by atoms with Crippen LogP contribution >= 0.6 is 11.8 Å². The lowest BCUT2D eigenvalue weighted by molar-refractivity contribution is 0.692. The number of benzene rings is 1. The van der Waals surface area contributed by atoms with Crippen molar-refractivity contribution in [1.82, 2.24) is 15.1 Å². The molecule has 0 aliphatic rings. The van der Waals surface area contributed by atoms with Gasteiger partial charge in [-0.05, 0) is 37.2 Å². The van der Waals surface area contributed by atoms with Gasteiger partial charge in [0.1, 0.15) is 0 Å². The van der Waals surface area contributed by atoms with Gasteiger partial charge >= 0.3 is 0 Å². The molecule has 0 bridgehead atoms. The topological polar surface area (TPSA) is 29.9 Å². The van der Waals surface area contributed by atoms with Crippen LogP contribution in [-0.2, 0) is 13.6 Å². The zero-order valence-electron chi connectivity index (χ0n) is 11.1. The Morgan fingerprint density at radius 3 is 2.56 bits per heavy atom. The second kappa shape index (κ2) is 6.07. The normalized spacial score (nSPS) is 10.8. The molecule has 0 aliphatic heterocycles. The van der Waals surface area contributed by atoms with Crippen LogP contribution in [0, 0.1) is 6.92 Å². The van der Waals surface area contributed by atoms with E-state index in [1.54, 1.807) is 11.8 Å². The molecule has 1 N–H and O–H groups in total. The van der Waals surface area contributed by atoms with E-state index in [1.807, 2.05) is 18.7 Å². The summed E-state index contributed by atoms with van der Waals surface area (Å²) < 4.78 is 1.92. The largest absolute Gasteiger partial charge is 0.313 e. The minimum atomic E-state index is 0.937. The second-order valence-electron chi connectivity index (χ2n) is 4.27. The third-order valence-corrected chi connectivity index (χ3v) is 3.78.